The van der Waals surface area contributed by atoms with Crippen LogP contribution in [0.5, 0.6) is 5.75 Å². The van der Waals surface area contributed by atoms with Gasteiger partial charge >= 0.3 is 6.09 Å². The molecular weight excluding hydrogens is 430 g/mol. The molecule has 1 saturated heterocycles. The summed E-state index contributed by atoms with van der Waals surface area (Å²) in [4.78, 5) is 14.7. The second-order valence-corrected chi connectivity index (χ2v) is 8.66. The molecule has 3 heterocycles. The normalized spacial score (nSPS) is 20.3. The van der Waals surface area contributed by atoms with Crippen LogP contribution in [0.25, 0.3) is 11.1 Å². The second-order valence-electron chi connectivity index (χ2n) is 8.23. The molecule has 5 rings (SSSR count). The van der Waals surface area contributed by atoms with Crippen molar-refractivity contribution in [2.75, 3.05) is 19.0 Å². The van der Waals surface area contributed by atoms with Crippen molar-refractivity contribution in [3.8, 4) is 16.9 Å². The summed E-state index contributed by atoms with van der Waals surface area (Å²) >= 11 is 6.21. The van der Waals surface area contributed by atoms with Crippen LogP contribution < -0.4 is 10.1 Å². The van der Waals surface area contributed by atoms with Gasteiger partial charge < -0.3 is 19.3 Å². The lowest BCUT2D eigenvalue weighted by atomic mass is 9.90. The van der Waals surface area contributed by atoms with Crippen LogP contribution in [0.3, 0.4) is 0 Å². The zero-order valence-corrected chi connectivity index (χ0v) is 19.1. The second kappa shape index (κ2) is 7.74. The van der Waals surface area contributed by atoms with Crippen LogP contribution >= 0.6 is 11.6 Å². The average molecular weight is 454 g/mol. The molecule has 7 nitrogen and oxygen atoms in total. The van der Waals surface area contributed by atoms with Gasteiger partial charge in [0.05, 0.1) is 31.0 Å². The van der Waals surface area contributed by atoms with E-state index in [9.17, 15) is 4.79 Å². The van der Waals surface area contributed by atoms with Gasteiger partial charge in [0.25, 0.3) is 0 Å². The first-order valence-electron chi connectivity index (χ1n) is 10.5. The number of fused-ring (bicyclic) bond motifs is 3. The maximum absolute atomic E-state index is 12.9. The number of aromatic nitrogens is 1. The Morgan fingerprint density at radius 3 is 2.78 bits per heavy atom. The maximum atomic E-state index is 12.9. The van der Waals surface area contributed by atoms with Crippen LogP contribution in [0.1, 0.15) is 41.6 Å². The Kier molecular flexibility index (Phi) is 5.01. The fraction of sp³-hybridized carbons (Fsp3) is 0.333. The van der Waals surface area contributed by atoms with Gasteiger partial charge in [-0.1, -0.05) is 28.9 Å². The third kappa shape index (κ3) is 3.19. The molecule has 1 N–H and O–H groups in total. The van der Waals surface area contributed by atoms with E-state index in [-0.39, 0.29) is 24.3 Å². The summed E-state index contributed by atoms with van der Waals surface area (Å²) in [6, 6.07) is 11.1. The topological polar surface area (TPSA) is 76.8 Å². The molecule has 166 valence electrons. The molecule has 2 aromatic carbocycles. The molecule has 0 saturated carbocycles. The third-order valence-corrected chi connectivity index (χ3v) is 6.58. The number of halogens is 1. The van der Waals surface area contributed by atoms with Crippen LogP contribution in [0.15, 0.2) is 40.9 Å². The lowest BCUT2D eigenvalue weighted by Gasteiger charge is -2.35. The van der Waals surface area contributed by atoms with Crippen molar-refractivity contribution in [2.45, 2.75) is 39.0 Å². The summed E-state index contributed by atoms with van der Waals surface area (Å²) < 4.78 is 16.9. The summed E-state index contributed by atoms with van der Waals surface area (Å²) in [7, 11) is 1.64. The van der Waals surface area contributed by atoms with E-state index in [1.54, 1.807) is 12.0 Å². The summed E-state index contributed by atoms with van der Waals surface area (Å²) in [6.45, 7) is 6.31. The van der Waals surface area contributed by atoms with E-state index in [1.807, 2.05) is 57.2 Å². The predicted octanol–water partition coefficient (Wildman–Crippen LogP) is 5.67. The average Bonchev–Trinajstić information content (AvgIpc) is 3.30. The molecule has 1 amide bonds. The minimum absolute atomic E-state index is 0.213. The Hall–Kier alpha value is -3.19. The van der Waals surface area contributed by atoms with Crippen LogP contribution in [0.4, 0.5) is 10.5 Å². The van der Waals surface area contributed by atoms with Crippen LogP contribution in [-0.2, 0) is 4.74 Å². The lowest BCUT2D eigenvalue weighted by molar-refractivity contribution is 0.131. The van der Waals surface area contributed by atoms with Crippen molar-refractivity contribution in [3.63, 3.8) is 0 Å². The molecule has 0 spiro atoms. The number of amides is 1. The van der Waals surface area contributed by atoms with E-state index < -0.39 is 0 Å². The lowest BCUT2D eigenvalue weighted by Crippen LogP contribution is -2.37. The van der Waals surface area contributed by atoms with E-state index in [0.29, 0.717) is 17.3 Å². The SMILES string of the molecule is COc1cc2c(cc1-c1c(C)noc1C)NCC1OC(=O)N([C@H](C)c3cccc(Cl)c3)C21. The molecule has 3 aromatic rings. The minimum atomic E-state index is -0.337. The molecule has 0 radical (unpaired) electrons. The van der Waals surface area contributed by atoms with Gasteiger partial charge in [-0.25, -0.2) is 4.79 Å². The third-order valence-electron chi connectivity index (χ3n) is 6.35. The van der Waals surface area contributed by atoms with Crippen LogP contribution in [0.2, 0.25) is 5.02 Å². The Labute approximate surface area is 191 Å². The van der Waals surface area contributed by atoms with E-state index >= 15 is 0 Å². The molecule has 1 aromatic heterocycles. The Bertz CT molecular complexity index is 1190. The fourth-order valence-corrected chi connectivity index (χ4v) is 5.01. The van der Waals surface area contributed by atoms with E-state index in [2.05, 4.69) is 10.5 Å². The molecule has 2 aliphatic rings. The number of carbonyl (C=O) groups is 1. The highest BCUT2D eigenvalue weighted by atomic mass is 35.5. The number of rotatable bonds is 4. The van der Waals surface area contributed by atoms with Crippen molar-refractivity contribution in [1.82, 2.24) is 10.1 Å². The molecular formula is C24H24ClN3O4. The smallest absolute Gasteiger partial charge is 0.411 e. The van der Waals surface area contributed by atoms with Crippen molar-refractivity contribution in [3.05, 3.63) is 64.0 Å². The van der Waals surface area contributed by atoms with Gasteiger partial charge in [0.2, 0.25) is 0 Å². The maximum Gasteiger partial charge on any atom is 0.411 e. The molecule has 8 heteroatoms. The van der Waals surface area contributed by atoms with E-state index in [1.165, 1.54) is 0 Å². The van der Waals surface area contributed by atoms with Crippen LogP contribution in [0, 0.1) is 13.8 Å². The number of anilines is 1. The Balaban J connectivity index is 1.61. The zero-order chi connectivity index (χ0) is 22.6. The number of carbonyl (C=O) groups excluding carboxylic acids is 1. The first-order chi connectivity index (χ1) is 15.4. The molecule has 3 atom stereocenters. The highest BCUT2D eigenvalue weighted by Crippen LogP contribution is 2.48. The highest BCUT2D eigenvalue weighted by molar-refractivity contribution is 6.30. The quantitative estimate of drug-likeness (QED) is 0.548. The molecule has 0 bridgehead atoms. The Morgan fingerprint density at radius 2 is 2.09 bits per heavy atom. The van der Waals surface area contributed by atoms with Gasteiger partial charge in [-0.2, -0.15) is 0 Å². The molecule has 2 unspecified atom stereocenters. The van der Waals surface area contributed by atoms with Gasteiger partial charge in [0.1, 0.15) is 23.7 Å². The number of benzene rings is 2. The van der Waals surface area contributed by atoms with Gasteiger partial charge in [-0.3, -0.25) is 4.90 Å². The van der Waals surface area contributed by atoms with E-state index in [4.69, 9.17) is 25.6 Å². The van der Waals surface area contributed by atoms with E-state index in [0.717, 1.165) is 39.4 Å². The summed E-state index contributed by atoms with van der Waals surface area (Å²) in [5.41, 5.74) is 5.45. The number of ether oxygens (including phenoxy) is 2. The summed E-state index contributed by atoms with van der Waals surface area (Å²) in [5, 5.41) is 8.14. The van der Waals surface area contributed by atoms with Crippen molar-refractivity contribution >= 4 is 23.4 Å². The molecule has 32 heavy (non-hydrogen) atoms. The Morgan fingerprint density at radius 1 is 1.28 bits per heavy atom. The largest absolute Gasteiger partial charge is 0.496 e. The number of nitrogens with zero attached hydrogens (tertiary/aromatic N) is 2. The van der Waals surface area contributed by atoms with Gasteiger partial charge in [0, 0.05) is 21.8 Å². The summed E-state index contributed by atoms with van der Waals surface area (Å²) in [5.74, 6) is 1.42. The van der Waals surface area contributed by atoms with Gasteiger partial charge in [-0.15, -0.1) is 0 Å². The number of hydrogen-bond acceptors (Lipinski definition) is 6. The molecule has 1 fully saturated rings. The summed E-state index contributed by atoms with van der Waals surface area (Å²) in [6.07, 6.45) is -0.637. The minimum Gasteiger partial charge on any atom is -0.496 e. The number of aryl methyl sites for hydroxylation is 2. The first kappa shape index (κ1) is 20.7. The zero-order valence-electron chi connectivity index (χ0n) is 18.3. The number of methoxy groups -OCH3 is 1. The van der Waals surface area contributed by atoms with Crippen molar-refractivity contribution in [2.24, 2.45) is 0 Å². The monoisotopic (exact) mass is 453 g/mol. The fourth-order valence-electron chi connectivity index (χ4n) is 4.81. The highest BCUT2D eigenvalue weighted by Gasteiger charge is 2.48. The predicted molar refractivity (Wildman–Crippen MR) is 121 cm³/mol. The van der Waals surface area contributed by atoms with Gasteiger partial charge in [0.15, 0.2) is 0 Å². The van der Waals surface area contributed by atoms with Crippen LogP contribution in [-0.4, -0.2) is 35.9 Å². The van der Waals surface area contributed by atoms with Crippen molar-refractivity contribution in [1.29, 1.82) is 0 Å². The number of nitrogens with one attached hydrogen (secondary N) is 1. The standard InChI is InChI=1S/C24H24ClN3O4/c1-12-22(14(3)32-27-12)18-9-19-17(10-20(18)30-4)23-21(11-26-19)31-24(29)28(23)13(2)15-6-5-7-16(25)8-15/h5-10,13,21,23,26H,11H2,1-4H3/t13-,21?,23?/m1/s1. The van der Waals surface area contributed by atoms with Gasteiger partial charge in [-0.05, 0) is 50.6 Å². The number of hydrogen-bond donors (Lipinski definition) is 1. The molecule has 2 aliphatic heterocycles. The molecule has 0 aliphatic carbocycles. The first-order valence-corrected chi connectivity index (χ1v) is 10.9. The van der Waals surface area contributed by atoms with Crippen molar-refractivity contribution < 1.29 is 18.8 Å².